The highest BCUT2D eigenvalue weighted by atomic mass is 79.9. The van der Waals surface area contributed by atoms with Crippen LogP contribution in [0.1, 0.15) is 24.2 Å². The molecule has 1 amide bonds. The van der Waals surface area contributed by atoms with Crippen LogP contribution in [0.2, 0.25) is 0 Å². The number of carbonyl (C=O) groups is 2. The SMILES string of the molecule is CC(C)N(CC(=O)O)C(=O)c1cnn2cc(Br)cnc12. The van der Waals surface area contributed by atoms with Crippen LogP contribution < -0.4 is 0 Å². The second kappa shape index (κ2) is 5.58. The number of hydrogen-bond acceptors (Lipinski definition) is 4. The van der Waals surface area contributed by atoms with Crippen LogP contribution in [-0.2, 0) is 4.79 Å². The fraction of sp³-hybridized carbons (Fsp3) is 0.333. The number of aromatic nitrogens is 3. The normalized spacial score (nSPS) is 11.0. The van der Waals surface area contributed by atoms with E-state index in [1.807, 2.05) is 0 Å². The Morgan fingerprint density at radius 3 is 2.75 bits per heavy atom. The van der Waals surface area contributed by atoms with Gasteiger partial charge in [-0.15, -0.1) is 0 Å². The predicted octanol–water partition coefficient (Wildman–Crippen LogP) is 1.43. The number of nitrogens with zero attached hydrogens (tertiary/aromatic N) is 4. The van der Waals surface area contributed by atoms with Crippen molar-refractivity contribution in [1.82, 2.24) is 19.5 Å². The molecule has 2 aromatic heterocycles. The number of aliphatic carboxylic acids is 1. The van der Waals surface area contributed by atoms with Gasteiger partial charge in [0, 0.05) is 18.4 Å². The Bertz CT molecular complexity index is 668. The number of halogens is 1. The first-order valence-corrected chi connectivity index (χ1v) is 6.71. The van der Waals surface area contributed by atoms with Gasteiger partial charge < -0.3 is 10.0 Å². The molecule has 0 aromatic carbocycles. The van der Waals surface area contributed by atoms with Crippen molar-refractivity contribution in [3.05, 3.63) is 28.6 Å². The minimum atomic E-state index is -1.06. The average molecular weight is 341 g/mol. The first-order chi connectivity index (χ1) is 9.40. The van der Waals surface area contributed by atoms with Crippen LogP contribution in [0.3, 0.4) is 0 Å². The summed E-state index contributed by atoms with van der Waals surface area (Å²) in [5.74, 6) is -1.45. The minimum Gasteiger partial charge on any atom is -0.480 e. The Balaban J connectivity index is 2.41. The van der Waals surface area contributed by atoms with E-state index >= 15 is 0 Å². The summed E-state index contributed by atoms with van der Waals surface area (Å²) < 4.78 is 2.20. The summed E-state index contributed by atoms with van der Waals surface area (Å²) in [5, 5.41) is 12.9. The molecule has 0 aliphatic rings. The van der Waals surface area contributed by atoms with Crippen molar-refractivity contribution in [3.63, 3.8) is 0 Å². The molecule has 20 heavy (non-hydrogen) atoms. The van der Waals surface area contributed by atoms with Gasteiger partial charge in [-0.3, -0.25) is 9.59 Å². The van der Waals surface area contributed by atoms with Crippen molar-refractivity contribution in [2.24, 2.45) is 0 Å². The molecule has 8 heteroatoms. The number of carboxylic acid groups (broad SMARTS) is 1. The predicted molar refractivity (Wildman–Crippen MR) is 74.5 cm³/mol. The number of hydrogen-bond donors (Lipinski definition) is 1. The molecule has 7 nitrogen and oxygen atoms in total. The molecular weight excluding hydrogens is 328 g/mol. The lowest BCUT2D eigenvalue weighted by Gasteiger charge is -2.24. The molecule has 0 fully saturated rings. The molecule has 0 atom stereocenters. The van der Waals surface area contributed by atoms with E-state index < -0.39 is 11.9 Å². The number of carboxylic acids is 1. The summed E-state index contributed by atoms with van der Waals surface area (Å²) in [6.07, 6.45) is 4.63. The molecule has 2 rings (SSSR count). The number of fused-ring (bicyclic) bond motifs is 1. The van der Waals surface area contributed by atoms with E-state index in [2.05, 4.69) is 26.0 Å². The zero-order valence-corrected chi connectivity index (χ0v) is 12.5. The number of amides is 1. The number of rotatable bonds is 4. The van der Waals surface area contributed by atoms with Gasteiger partial charge in [-0.2, -0.15) is 5.10 Å². The quantitative estimate of drug-likeness (QED) is 0.909. The second-order valence-electron chi connectivity index (χ2n) is 4.52. The van der Waals surface area contributed by atoms with E-state index in [0.717, 1.165) is 4.47 Å². The van der Waals surface area contributed by atoms with Crippen LogP contribution in [0, 0.1) is 0 Å². The third-order valence-electron chi connectivity index (χ3n) is 2.75. The first-order valence-electron chi connectivity index (χ1n) is 5.91. The largest absolute Gasteiger partial charge is 0.480 e. The van der Waals surface area contributed by atoms with Crippen LogP contribution in [0.15, 0.2) is 23.1 Å². The second-order valence-corrected chi connectivity index (χ2v) is 5.43. The maximum absolute atomic E-state index is 12.4. The molecule has 2 aromatic rings. The smallest absolute Gasteiger partial charge is 0.323 e. The van der Waals surface area contributed by atoms with E-state index in [0.29, 0.717) is 5.65 Å². The monoisotopic (exact) mass is 340 g/mol. The maximum atomic E-state index is 12.4. The highest BCUT2D eigenvalue weighted by Crippen LogP contribution is 2.15. The molecule has 106 valence electrons. The molecule has 2 heterocycles. The summed E-state index contributed by atoms with van der Waals surface area (Å²) in [6, 6.07) is -0.232. The third kappa shape index (κ3) is 2.79. The van der Waals surface area contributed by atoms with Crippen molar-refractivity contribution < 1.29 is 14.7 Å². The number of carbonyl (C=O) groups excluding carboxylic acids is 1. The average Bonchev–Trinajstić information content (AvgIpc) is 2.77. The minimum absolute atomic E-state index is 0.232. The van der Waals surface area contributed by atoms with E-state index in [4.69, 9.17) is 5.11 Å². The van der Waals surface area contributed by atoms with Gasteiger partial charge in [0.05, 0.1) is 10.7 Å². The van der Waals surface area contributed by atoms with E-state index in [1.165, 1.54) is 15.6 Å². The van der Waals surface area contributed by atoms with Crippen LogP contribution in [-0.4, -0.2) is 49.1 Å². The zero-order chi connectivity index (χ0) is 14.9. The Labute approximate surface area is 123 Å². The van der Waals surface area contributed by atoms with Gasteiger partial charge in [0.1, 0.15) is 12.1 Å². The standard InChI is InChI=1S/C12H13BrN4O3/c1-7(2)16(6-10(18)19)12(20)9-4-15-17-5-8(13)3-14-11(9)17/h3-5,7H,6H2,1-2H3,(H,18,19). The summed E-state index contributed by atoms with van der Waals surface area (Å²) in [6.45, 7) is 3.16. The highest BCUT2D eigenvalue weighted by molar-refractivity contribution is 9.10. The van der Waals surface area contributed by atoms with Gasteiger partial charge in [-0.1, -0.05) is 0 Å². The van der Waals surface area contributed by atoms with Gasteiger partial charge >= 0.3 is 5.97 Å². The van der Waals surface area contributed by atoms with Crippen LogP contribution in [0.5, 0.6) is 0 Å². The van der Waals surface area contributed by atoms with E-state index in [-0.39, 0.29) is 18.2 Å². The summed E-state index contributed by atoms with van der Waals surface area (Å²) in [5.41, 5.74) is 0.682. The van der Waals surface area contributed by atoms with Gasteiger partial charge in [-0.25, -0.2) is 9.50 Å². The lowest BCUT2D eigenvalue weighted by atomic mass is 10.2. The Hall–Kier alpha value is -1.96. The summed E-state index contributed by atoms with van der Waals surface area (Å²) >= 11 is 3.27. The summed E-state index contributed by atoms with van der Waals surface area (Å²) in [7, 11) is 0. The van der Waals surface area contributed by atoms with Gasteiger partial charge in [0.15, 0.2) is 5.65 Å². The molecule has 0 saturated heterocycles. The molecule has 1 N–H and O–H groups in total. The Morgan fingerprint density at radius 2 is 2.15 bits per heavy atom. The van der Waals surface area contributed by atoms with Crippen molar-refractivity contribution in [1.29, 1.82) is 0 Å². The molecule has 0 bridgehead atoms. The molecule has 0 radical (unpaired) electrons. The van der Waals surface area contributed by atoms with Crippen molar-refractivity contribution >= 4 is 33.5 Å². The van der Waals surface area contributed by atoms with Gasteiger partial charge in [0.25, 0.3) is 5.91 Å². The molecule has 0 unspecified atom stereocenters. The molecular formula is C12H13BrN4O3. The molecule has 0 spiro atoms. The van der Waals surface area contributed by atoms with Crippen molar-refractivity contribution in [3.8, 4) is 0 Å². The van der Waals surface area contributed by atoms with Gasteiger partial charge in [0.2, 0.25) is 0 Å². The van der Waals surface area contributed by atoms with Crippen LogP contribution >= 0.6 is 15.9 Å². The van der Waals surface area contributed by atoms with Crippen LogP contribution in [0.25, 0.3) is 5.65 Å². The first kappa shape index (κ1) is 14.4. The molecule has 0 aliphatic carbocycles. The Kier molecular flexibility index (Phi) is 4.03. The topological polar surface area (TPSA) is 87.8 Å². The highest BCUT2D eigenvalue weighted by Gasteiger charge is 2.24. The maximum Gasteiger partial charge on any atom is 0.323 e. The molecule has 0 saturated carbocycles. The van der Waals surface area contributed by atoms with E-state index in [1.54, 1.807) is 26.2 Å². The van der Waals surface area contributed by atoms with Gasteiger partial charge in [-0.05, 0) is 29.8 Å². The van der Waals surface area contributed by atoms with Crippen LogP contribution in [0.4, 0.5) is 0 Å². The lowest BCUT2D eigenvalue weighted by molar-refractivity contribution is -0.138. The fourth-order valence-corrected chi connectivity index (χ4v) is 2.09. The fourth-order valence-electron chi connectivity index (χ4n) is 1.79. The van der Waals surface area contributed by atoms with Crippen molar-refractivity contribution in [2.45, 2.75) is 19.9 Å². The summed E-state index contributed by atoms with van der Waals surface area (Å²) in [4.78, 5) is 28.7. The lowest BCUT2D eigenvalue weighted by Crippen LogP contribution is -2.40. The molecule has 0 aliphatic heterocycles. The Morgan fingerprint density at radius 1 is 1.45 bits per heavy atom. The third-order valence-corrected chi connectivity index (χ3v) is 3.15. The zero-order valence-electron chi connectivity index (χ0n) is 10.9. The van der Waals surface area contributed by atoms with Crippen molar-refractivity contribution in [2.75, 3.05) is 6.54 Å². The van der Waals surface area contributed by atoms with E-state index in [9.17, 15) is 9.59 Å².